The Morgan fingerprint density at radius 1 is 1.00 bits per heavy atom. The Morgan fingerprint density at radius 2 is 1.66 bits per heavy atom. The number of benzene rings is 3. The van der Waals surface area contributed by atoms with Crippen molar-refractivity contribution in [2.24, 2.45) is 0 Å². The van der Waals surface area contributed by atoms with Crippen molar-refractivity contribution >= 4 is 37.4 Å². The lowest BCUT2D eigenvalue weighted by Crippen LogP contribution is -2.53. The van der Waals surface area contributed by atoms with Gasteiger partial charge in [0.25, 0.3) is 10.0 Å². The standard InChI is InChI=1S/C22H18BrNO4S/c1-15-7-10-18(11-8-15)29(27,28)24-14-22(26,16-5-3-2-4-6-16)21(25)19-13-17(23)9-12-20(19)24/h2-13,26H,14H2,1H3/t22-/m0/s1. The fourth-order valence-corrected chi connectivity index (χ4v) is 5.35. The summed E-state index contributed by atoms with van der Waals surface area (Å²) in [5.74, 6) is -0.532. The molecule has 0 spiro atoms. The molecule has 1 aliphatic heterocycles. The van der Waals surface area contributed by atoms with Gasteiger partial charge >= 0.3 is 0 Å². The van der Waals surface area contributed by atoms with Gasteiger partial charge in [-0.2, -0.15) is 0 Å². The summed E-state index contributed by atoms with van der Waals surface area (Å²) in [5.41, 5.74) is -0.318. The molecule has 5 nitrogen and oxygen atoms in total. The van der Waals surface area contributed by atoms with Crippen LogP contribution in [0.5, 0.6) is 0 Å². The minimum atomic E-state index is -4.00. The molecule has 148 valence electrons. The second kappa shape index (κ2) is 7.09. The van der Waals surface area contributed by atoms with Crippen LogP contribution in [0.25, 0.3) is 0 Å². The van der Waals surface area contributed by atoms with Crippen LogP contribution in [0.2, 0.25) is 0 Å². The van der Waals surface area contributed by atoms with Crippen molar-refractivity contribution in [1.82, 2.24) is 0 Å². The highest BCUT2D eigenvalue weighted by Crippen LogP contribution is 2.41. The van der Waals surface area contributed by atoms with E-state index in [4.69, 9.17) is 0 Å². The average Bonchev–Trinajstić information content (AvgIpc) is 2.72. The molecule has 7 heteroatoms. The van der Waals surface area contributed by atoms with Crippen LogP contribution >= 0.6 is 15.9 Å². The van der Waals surface area contributed by atoms with E-state index in [1.165, 1.54) is 12.1 Å². The molecule has 1 aliphatic rings. The maximum atomic E-state index is 13.5. The van der Waals surface area contributed by atoms with E-state index in [0.29, 0.717) is 10.0 Å². The normalized spacial score (nSPS) is 19.1. The molecule has 3 aromatic rings. The summed E-state index contributed by atoms with van der Waals surface area (Å²) in [7, 11) is -4.00. The summed E-state index contributed by atoms with van der Waals surface area (Å²) in [6, 6.07) is 19.7. The largest absolute Gasteiger partial charge is 0.375 e. The number of ketones is 1. The van der Waals surface area contributed by atoms with E-state index in [9.17, 15) is 18.3 Å². The Bertz CT molecular complexity index is 1190. The summed E-state index contributed by atoms with van der Waals surface area (Å²) in [6.45, 7) is 1.47. The van der Waals surface area contributed by atoms with Crippen LogP contribution in [0, 0.1) is 6.92 Å². The lowest BCUT2D eigenvalue weighted by Gasteiger charge is -2.39. The van der Waals surface area contributed by atoms with E-state index in [2.05, 4.69) is 15.9 Å². The number of sulfonamides is 1. The SMILES string of the molecule is Cc1ccc(S(=O)(=O)N2C[C@](O)(c3ccccc3)C(=O)c3cc(Br)ccc32)cc1. The number of anilines is 1. The number of aryl methyl sites for hydroxylation is 1. The van der Waals surface area contributed by atoms with Gasteiger partial charge in [0.1, 0.15) is 0 Å². The smallest absolute Gasteiger partial charge is 0.264 e. The van der Waals surface area contributed by atoms with Gasteiger partial charge in [0, 0.05) is 10.0 Å². The molecule has 3 aromatic carbocycles. The van der Waals surface area contributed by atoms with Crippen LogP contribution in [0.3, 0.4) is 0 Å². The molecule has 0 radical (unpaired) electrons. The Kier molecular flexibility index (Phi) is 4.85. The molecule has 0 fully saturated rings. The molecule has 0 bridgehead atoms. The highest BCUT2D eigenvalue weighted by Gasteiger charge is 2.48. The third kappa shape index (κ3) is 3.29. The van der Waals surface area contributed by atoms with Gasteiger partial charge in [-0.3, -0.25) is 9.10 Å². The molecule has 0 unspecified atom stereocenters. The summed E-state index contributed by atoms with van der Waals surface area (Å²) in [5, 5.41) is 11.4. The third-order valence-corrected chi connectivity index (χ3v) is 7.35. The highest BCUT2D eigenvalue weighted by molar-refractivity contribution is 9.10. The molecule has 1 N–H and O–H groups in total. The van der Waals surface area contributed by atoms with E-state index < -0.39 is 28.0 Å². The number of carbonyl (C=O) groups is 1. The molecule has 1 atom stereocenters. The van der Waals surface area contributed by atoms with Gasteiger partial charge in [-0.15, -0.1) is 0 Å². The number of aliphatic hydroxyl groups is 1. The molecule has 0 amide bonds. The zero-order valence-electron chi connectivity index (χ0n) is 15.5. The second-order valence-corrected chi connectivity index (χ2v) is 9.82. The van der Waals surface area contributed by atoms with Crippen LogP contribution < -0.4 is 4.31 Å². The lowest BCUT2D eigenvalue weighted by atomic mass is 9.82. The monoisotopic (exact) mass is 471 g/mol. The zero-order valence-corrected chi connectivity index (χ0v) is 17.9. The second-order valence-electron chi connectivity index (χ2n) is 7.04. The minimum Gasteiger partial charge on any atom is -0.375 e. The topological polar surface area (TPSA) is 74.7 Å². The average molecular weight is 472 g/mol. The van der Waals surface area contributed by atoms with Crippen molar-refractivity contribution in [3.05, 3.63) is 94.0 Å². The summed E-state index contributed by atoms with van der Waals surface area (Å²) >= 11 is 3.33. The van der Waals surface area contributed by atoms with E-state index in [0.717, 1.165) is 9.87 Å². The van der Waals surface area contributed by atoms with Crippen LogP contribution in [0.4, 0.5) is 5.69 Å². The summed E-state index contributed by atoms with van der Waals surface area (Å²) in [6.07, 6.45) is 0. The van der Waals surface area contributed by atoms with Gasteiger partial charge in [0.05, 0.1) is 17.1 Å². The first-order valence-electron chi connectivity index (χ1n) is 8.95. The number of carbonyl (C=O) groups excluding carboxylic acids is 1. The van der Waals surface area contributed by atoms with Crippen molar-refractivity contribution in [2.45, 2.75) is 17.4 Å². The van der Waals surface area contributed by atoms with Crippen LogP contribution in [0.15, 0.2) is 82.2 Å². The number of hydrogen-bond donors (Lipinski definition) is 1. The number of rotatable bonds is 3. The number of fused-ring (bicyclic) bond motifs is 1. The molecular formula is C22H18BrNO4S. The van der Waals surface area contributed by atoms with Crippen molar-refractivity contribution in [3.63, 3.8) is 0 Å². The summed E-state index contributed by atoms with van der Waals surface area (Å²) < 4.78 is 28.7. The Labute approximate surface area is 177 Å². The van der Waals surface area contributed by atoms with Crippen LogP contribution in [-0.2, 0) is 15.6 Å². The van der Waals surface area contributed by atoms with E-state index in [1.807, 2.05) is 6.92 Å². The van der Waals surface area contributed by atoms with E-state index >= 15 is 0 Å². The van der Waals surface area contributed by atoms with Gasteiger partial charge in [-0.25, -0.2) is 8.42 Å². The number of hydrogen-bond acceptors (Lipinski definition) is 4. The van der Waals surface area contributed by atoms with E-state index in [-0.39, 0.29) is 16.1 Å². The fourth-order valence-electron chi connectivity index (χ4n) is 3.48. The van der Waals surface area contributed by atoms with Gasteiger partial charge in [-0.05, 0) is 42.8 Å². The highest BCUT2D eigenvalue weighted by atomic mass is 79.9. The minimum absolute atomic E-state index is 0.0988. The number of nitrogens with zero attached hydrogens (tertiary/aromatic N) is 1. The predicted molar refractivity (Wildman–Crippen MR) is 115 cm³/mol. The fraction of sp³-hybridized carbons (Fsp3) is 0.136. The first kappa shape index (κ1) is 19.8. The third-order valence-electron chi connectivity index (χ3n) is 5.08. The maximum Gasteiger partial charge on any atom is 0.264 e. The molecule has 1 heterocycles. The molecular weight excluding hydrogens is 454 g/mol. The van der Waals surface area contributed by atoms with E-state index in [1.54, 1.807) is 60.7 Å². The first-order chi connectivity index (χ1) is 13.7. The van der Waals surface area contributed by atoms with Gasteiger partial charge in [0.15, 0.2) is 5.60 Å². The Balaban J connectivity index is 1.93. The molecule has 29 heavy (non-hydrogen) atoms. The quantitative estimate of drug-likeness (QED) is 0.625. The van der Waals surface area contributed by atoms with Crippen molar-refractivity contribution < 1.29 is 18.3 Å². The van der Waals surface area contributed by atoms with Gasteiger partial charge in [-0.1, -0.05) is 64.0 Å². The van der Waals surface area contributed by atoms with Crippen LogP contribution in [0.1, 0.15) is 21.5 Å². The molecule has 0 aliphatic carbocycles. The van der Waals surface area contributed by atoms with Gasteiger partial charge < -0.3 is 5.11 Å². The molecule has 0 aromatic heterocycles. The number of halogens is 1. The molecule has 0 saturated heterocycles. The Morgan fingerprint density at radius 3 is 2.31 bits per heavy atom. The molecule has 4 rings (SSSR count). The number of β-amino-alcohol motifs (C(OH)–C–C–N with tert-alkyl or cyclic N) is 1. The van der Waals surface area contributed by atoms with Crippen LogP contribution in [-0.4, -0.2) is 25.9 Å². The number of Topliss-reactive ketones (excluding diaryl/α,β-unsaturated/α-hetero) is 1. The van der Waals surface area contributed by atoms with Crippen molar-refractivity contribution in [3.8, 4) is 0 Å². The maximum absolute atomic E-state index is 13.5. The first-order valence-corrected chi connectivity index (χ1v) is 11.2. The molecule has 0 saturated carbocycles. The summed E-state index contributed by atoms with van der Waals surface area (Å²) in [4.78, 5) is 13.4. The Hall–Kier alpha value is -2.48. The van der Waals surface area contributed by atoms with Crippen molar-refractivity contribution in [1.29, 1.82) is 0 Å². The zero-order chi connectivity index (χ0) is 20.8. The van der Waals surface area contributed by atoms with Gasteiger partial charge in [0.2, 0.25) is 5.78 Å². The van der Waals surface area contributed by atoms with Crippen molar-refractivity contribution in [2.75, 3.05) is 10.8 Å². The lowest BCUT2D eigenvalue weighted by molar-refractivity contribution is 0.0330. The predicted octanol–water partition coefficient (Wildman–Crippen LogP) is 4.04.